The molecule has 0 bridgehead atoms. The van der Waals surface area contributed by atoms with E-state index >= 15 is 0 Å². The molecule has 0 aliphatic carbocycles. The summed E-state index contributed by atoms with van der Waals surface area (Å²) in [7, 11) is 0. The number of benzene rings is 4. The van der Waals surface area contributed by atoms with Crippen LogP contribution in [0, 0.1) is 13.8 Å². The third-order valence-corrected chi connectivity index (χ3v) is 5.13. The van der Waals surface area contributed by atoms with Crippen molar-refractivity contribution in [2.45, 2.75) is 23.6 Å². The van der Waals surface area contributed by atoms with E-state index in [2.05, 4.69) is 92.0 Å². The average Bonchev–Trinajstić information content (AvgIpc) is 2.73. The maximum Gasteiger partial charge on any atom is 0.0385 e. The Morgan fingerprint density at radius 1 is 0.464 bits per heavy atom. The lowest BCUT2D eigenvalue weighted by molar-refractivity contribution is 1.36. The van der Waals surface area contributed by atoms with Crippen molar-refractivity contribution in [1.29, 1.82) is 0 Å². The molecule has 28 heavy (non-hydrogen) atoms. The summed E-state index contributed by atoms with van der Waals surface area (Å²) in [5, 5.41) is 3.39. The van der Waals surface area contributed by atoms with Crippen LogP contribution in [0.15, 0.2) is 119 Å². The van der Waals surface area contributed by atoms with Gasteiger partial charge in [-0.05, 0) is 62.4 Å². The molecule has 0 spiro atoms. The van der Waals surface area contributed by atoms with Crippen molar-refractivity contribution in [3.05, 3.63) is 120 Å². The number of para-hydroxylation sites is 1. The van der Waals surface area contributed by atoms with Gasteiger partial charge in [-0.25, -0.2) is 0 Å². The van der Waals surface area contributed by atoms with Gasteiger partial charge in [-0.1, -0.05) is 83.6 Å². The molecule has 4 aromatic rings. The van der Waals surface area contributed by atoms with Crippen LogP contribution in [0.1, 0.15) is 11.1 Å². The van der Waals surface area contributed by atoms with Gasteiger partial charge in [0.05, 0.1) is 0 Å². The number of anilines is 2. The van der Waals surface area contributed by atoms with E-state index in [4.69, 9.17) is 0 Å². The van der Waals surface area contributed by atoms with Crippen LogP contribution < -0.4 is 5.32 Å². The quantitative estimate of drug-likeness (QED) is 0.384. The van der Waals surface area contributed by atoms with Gasteiger partial charge >= 0.3 is 0 Å². The fraction of sp³-hybridized carbons (Fsp3) is 0.0769. The molecule has 0 saturated heterocycles. The number of rotatable bonds is 4. The maximum absolute atomic E-state index is 3.39. The molecule has 0 amide bonds. The predicted molar refractivity (Wildman–Crippen MR) is 123 cm³/mol. The van der Waals surface area contributed by atoms with E-state index in [1.165, 1.54) is 20.9 Å². The Hall–Kier alpha value is -2.97. The van der Waals surface area contributed by atoms with Crippen molar-refractivity contribution in [2.24, 2.45) is 0 Å². The highest BCUT2D eigenvalue weighted by Gasteiger charge is 1.98. The molecule has 0 radical (unpaired) electrons. The molecule has 0 saturated carbocycles. The smallest absolute Gasteiger partial charge is 0.0385 e. The van der Waals surface area contributed by atoms with Crippen LogP contribution in [0.3, 0.4) is 0 Å². The topological polar surface area (TPSA) is 12.0 Å². The number of hydrogen-bond acceptors (Lipinski definition) is 2. The second-order valence-corrected chi connectivity index (χ2v) is 7.73. The molecule has 0 unspecified atom stereocenters. The van der Waals surface area contributed by atoms with Crippen molar-refractivity contribution in [3.8, 4) is 0 Å². The molecule has 0 aliphatic rings. The molecule has 0 aliphatic heterocycles. The van der Waals surface area contributed by atoms with E-state index in [9.17, 15) is 0 Å². The fourth-order valence-electron chi connectivity index (χ4n) is 2.57. The van der Waals surface area contributed by atoms with E-state index in [-0.39, 0.29) is 0 Å². The van der Waals surface area contributed by atoms with E-state index in [1.807, 2.05) is 36.4 Å². The molecule has 1 nitrogen and oxygen atoms in total. The van der Waals surface area contributed by atoms with E-state index in [0.717, 1.165) is 11.4 Å². The van der Waals surface area contributed by atoms with Crippen LogP contribution in [0.2, 0.25) is 0 Å². The summed E-state index contributed by atoms with van der Waals surface area (Å²) in [6, 6.07) is 37.6. The van der Waals surface area contributed by atoms with Crippen LogP contribution in [-0.4, -0.2) is 0 Å². The Morgan fingerprint density at radius 3 is 1.39 bits per heavy atom. The Bertz CT molecular complexity index is 947. The molecule has 140 valence electrons. The van der Waals surface area contributed by atoms with Crippen LogP contribution in [0.25, 0.3) is 0 Å². The van der Waals surface area contributed by atoms with Gasteiger partial charge in [-0.3, -0.25) is 0 Å². The fourth-order valence-corrected chi connectivity index (χ4v) is 3.39. The summed E-state index contributed by atoms with van der Waals surface area (Å²) >= 11 is 1.78. The van der Waals surface area contributed by atoms with Crippen molar-refractivity contribution in [2.75, 3.05) is 5.32 Å². The Kier molecular flexibility index (Phi) is 7.34. The first kappa shape index (κ1) is 19.8. The van der Waals surface area contributed by atoms with Gasteiger partial charge in [0.1, 0.15) is 0 Å². The van der Waals surface area contributed by atoms with Crippen LogP contribution in [0.4, 0.5) is 11.4 Å². The number of nitrogens with one attached hydrogen (secondary N) is 1. The summed E-state index contributed by atoms with van der Waals surface area (Å²) in [6.07, 6.45) is 0. The van der Waals surface area contributed by atoms with Gasteiger partial charge in [-0.15, -0.1) is 0 Å². The zero-order valence-electron chi connectivity index (χ0n) is 16.3. The maximum atomic E-state index is 3.39. The molecule has 0 atom stereocenters. The molecular formula is C26H25NS. The Balaban J connectivity index is 0.000000271. The molecule has 1 N–H and O–H groups in total. The van der Waals surface area contributed by atoms with E-state index in [1.54, 1.807) is 11.8 Å². The highest BCUT2D eigenvalue weighted by molar-refractivity contribution is 7.99. The zero-order chi connectivity index (χ0) is 19.6. The van der Waals surface area contributed by atoms with Gasteiger partial charge in [-0.2, -0.15) is 0 Å². The van der Waals surface area contributed by atoms with Gasteiger partial charge < -0.3 is 5.32 Å². The standard InChI is InChI=1S/C19H17NS.C7H8/c1-15-7-11-18(12-8-15)21-19-13-9-17(10-14-19)20-16-5-3-2-4-6-16;1-7-5-3-2-4-6-7/h2-14,20H,1H3;2-6H,1H3. The lowest BCUT2D eigenvalue weighted by Crippen LogP contribution is -1.88. The highest BCUT2D eigenvalue weighted by Crippen LogP contribution is 2.29. The van der Waals surface area contributed by atoms with E-state index in [0.29, 0.717) is 0 Å². The number of aryl methyl sites for hydroxylation is 2. The molecule has 0 fully saturated rings. The van der Waals surface area contributed by atoms with Crippen LogP contribution in [0.5, 0.6) is 0 Å². The molecular weight excluding hydrogens is 358 g/mol. The lowest BCUT2D eigenvalue weighted by atomic mass is 10.2. The highest BCUT2D eigenvalue weighted by atomic mass is 32.2. The summed E-state index contributed by atoms with van der Waals surface area (Å²) in [4.78, 5) is 2.52. The van der Waals surface area contributed by atoms with Gasteiger partial charge in [0.15, 0.2) is 0 Å². The van der Waals surface area contributed by atoms with E-state index < -0.39 is 0 Å². The summed E-state index contributed by atoms with van der Waals surface area (Å²) in [6.45, 7) is 4.19. The first-order valence-electron chi connectivity index (χ1n) is 9.37. The minimum atomic E-state index is 1.11. The molecule has 4 aromatic carbocycles. The first-order valence-corrected chi connectivity index (χ1v) is 10.2. The Morgan fingerprint density at radius 2 is 0.893 bits per heavy atom. The largest absolute Gasteiger partial charge is 0.356 e. The summed E-state index contributed by atoms with van der Waals surface area (Å²) in [5.41, 5.74) is 4.83. The van der Waals surface area contributed by atoms with Crippen LogP contribution >= 0.6 is 11.8 Å². The van der Waals surface area contributed by atoms with Crippen molar-refractivity contribution in [1.82, 2.24) is 0 Å². The zero-order valence-corrected chi connectivity index (χ0v) is 17.1. The minimum absolute atomic E-state index is 1.11. The van der Waals surface area contributed by atoms with Crippen molar-refractivity contribution in [3.63, 3.8) is 0 Å². The monoisotopic (exact) mass is 383 g/mol. The third kappa shape index (κ3) is 6.64. The van der Waals surface area contributed by atoms with Gasteiger partial charge in [0.2, 0.25) is 0 Å². The minimum Gasteiger partial charge on any atom is -0.356 e. The number of hydrogen-bond donors (Lipinski definition) is 1. The van der Waals surface area contributed by atoms with Crippen molar-refractivity contribution < 1.29 is 0 Å². The normalized spacial score (nSPS) is 9.93. The second kappa shape index (κ2) is 10.4. The van der Waals surface area contributed by atoms with Crippen molar-refractivity contribution >= 4 is 23.1 Å². The van der Waals surface area contributed by atoms with Crippen LogP contribution in [-0.2, 0) is 0 Å². The second-order valence-electron chi connectivity index (χ2n) is 6.59. The van der Waals surface area contributed by atoms with Gasteiger partial charge in [0, 0.05) is 21.2 Å². The molecule has 2 heteroatoms. The summed E-state index contributed by atoms with van der Waals surface area (Å²) < 4.78 is 0. The molecule has 0 aromatic heterocycles. The van der Waals surface area contributed by atoms with Gasteiger partial charge in [0.25, 0.3) is 0 Å². The SMILES string of the molecule is Cc1ccc(Sc2ccc(Nc3ccccc3)cc2)cc1.Cc1ccccc1. The molecule has 4 rings (SSSR count). The molecule has 0 heterocycles. The first-order chi connectivity index (χ1) is 13.7. The average molecular weight is 384 g/mol. The Labute approximate surface area is 172 Å². The lowest BCUT2D eigenvalue weighted by Gasteiger charge is -2.07. The predicted octanol–water partition coefficient (Wildman–Crippen LogP) is 7.88. The third-order valence-electron chi connectivity index (χ3n) is 4.11. The summed E-state index contributed by atoms with van der Waals surface area (Å²) in [5.74, 6) is 0.